The van der Waals surface area contributed by atoms with E-state index in [9.17, 15) is 9.18 Å². The van der Waals surface area contributed by atoms with Gasteiger partial charge in [-0.1, -0.05) is 0 Å². The van der Waals surface area contributed by atoms with Crippen LogP contribution in [0.1, 0.15) is 30.2 Å². The van der Waals surface area contributed by atoms with Crippen LogP contribution < -0.4 is 15.5 Å². The lowest BCUT2D eigenvalue weighted by Gasteiger charge is -2.20. The molecule has 0 aliphatic rings. The van der Waals surface area contributed by atoms with Crippen LogP contribution in [0.25, 0.3) is 11.3 Å². The Labute approximate surface area is 203 Å². The van der Waals surface area contributed by atoms with E-state index in [-0.39, 0.29) is 11.7 Å². The number of halogens is 1. The highest BCUT2D eigenvalue weighted by Gasteiger charge is 2.15. The van der Waals surface area contributed by atoms with Crippen LogP contribution in [0.2, 0.25) is 0 Å². The monoisotopic (exact) mass is 473 g/mol. The highest BCUT2D eigenvalue weighted by atomic mass is 19.1. The Balaban J connectivity index is 1.45. The zero-order valence-electron chi connectivity index (χ0n) is 20.2. The molecule has 0 radical (unpaired) electrons. The molecule has 4 aromatic rings. The van der Waals surface area contributed by atoms with Crippen molar-refractivity contribution in [2.45, 2.75) is 20.8 Å². The van der Waals surface area contributed by atoms with Gasteiger partial charge in [-0.05, 0) is 75.4 Å². The number of aromatic nitrogens is 4. The smallest absolute Gasteiger partial charge is 0.273 e. The summed E-state index contributed by atoms with van der Waals surface area (Å²) in [6, 6.07) is 17.0. The van der Waals surface area contributed by atoms with Crippen LogP contribution in [-0.2, 0) is 7.05 Å². The quantitative estimate of drug-likeness (QED) is 0.367. The molecule has 4 rings (SSSR count). The van der Waals surface area contributed by atoms with E-state index in [1.807, 2.05) is 37.3 Å². The fraction of sp³-hybridized carbons (Fsp3) is 0.231. The minimum absolute atomic E-state index is 0.288. The molecule has 180 valence electrons. The number of hydrogen-bond acceptors (Lipinski definition) is 6. The second kappa shape index (κ2) is 10.3. The molecule has 0 atom stereocenters. The first-order valence-electron chi connectivity index (χ1n) is 11.4. The van der Waals surface area contributed by atoms with Crippen LogP contribution in [0, 0.1) is 12.7 Å². The molecule has 0 saturated heterocycles. The lowest BCUT2D eigenvalue weighted by Crippen LogP contribution is -2.23. The Morgan fingerprint density at radius 3 is 2.29 bits per heavy atom. The first kappa shape index (κ1) is 23.9. The maximum atomic E-state index is 13.2. The van der Waals surface area contributed by atoms with E-state index in [0.29, 0.717) is 28.7 Å². The second-order valence-electron chi connectivity index (χ2n) is 8.03. The van der Waals surface area contributed by atoms with Crippen LogP contribution in [-0.4, -0.2) is 38.7 Å². The normalized spacial score (nSPS) is 10.8. The van der Waals surface area contributed by atoms with Crippen molar-refractivity contribution in [3.63, 3.8) is 0 Å². The fourth-order valence-electron chi connectivity index (χ4n) is 3.75. The zero-order chi connectivity index (χ0) is 24.9. The number of hydrogen-bond donors (Lipinski definition) is 2. The molecule has 2 heterocycles. The molecule has 35 heavy (non-hydrogen) atoms. The summed E-state index contributed by atoms with van der Waals surface area (Å²) in [6.45, 7) is 7.79. The summed E-state index contributed by atoms with van der Waals surface area (Å²) >= 11 is 0. The summed E-state index contributed by atoms with van der Waals surface area (Å²) in [4.78, 5) is 24.0. The Bertz CT molecular complexity index is 1310. The predicted molar refractivity (Wildman–Crippen MR) is 137 cm³/mol. The number of carbonyl (C=O) groups excluding carboxylic acids is 1. The van der Waals surface area contributed by atoms with Gasteiger partial charge >= 0.3 is 0 Å². The largest absolute Gasteiger partial charge is 0.357 e. The van der Waals surface area contributed by atoms with Gasteiger partial charge in [0.15, 0.2) is 0 Å². The van der Waals surface area contributed by atoms with E-state index < -0.39 is 0 Å². The van der Waals surface area contributed by atoms with Gasteiger partial charge in [-0.3, -0.25) is 9.48 Å². The van der Waals surface area contributed by atoms with Gasteiger partial charge in [0.25, 0.3) is 5.91 Å². The molecule has 2 N–H and O–H groups in total. The second-order valence-corrected chi connectivity index (χ2v) is 8.03. The van der Waals surface area contributed by atoms with E-state index in [4.69, 9.17) is 0 Å². The summed E-state index contributed by atoms with van der Waals surface area (Å²) < 4.78 is 14.7. The van der Waals surface area contributed by atoms with Crippen LogP contribution in [0.3, 0.4) is 0 Å². The lowest BCUT2D eigenvalue weighted by atomic mass is 10.1. The van der Waals surface area contributed by atoms with Crippen LogP contribution in [0.4, 0.5) is 27.4 Å². The van der Waals surface area contributed by atoms with Gasteiger partial charge in [-0.15, -0.1) is 0 Å². The van der Waals surface area contributed by atoms with Gasteiger partial charge in [-0.25, -0.2) is 14.4 Å². The Kier molecular flexibility index (Phi) is 7.05. The van der Waals surface area contributed by atoms with E-state index in [2.05, 4.69) is 44.4 Å². The number of benzene rings is 2. The molecule has 0 unspecified atom stereocenters. The predicted octanol–water partition coefficient (Wildman–Crippen LogP) is 5.17. The third-order valence-corrected chi connectivity index (χ3v) is 5.58. The summed E-state index contributed by atoms with van der Waals surface area (Å²) in [7, 11) is 1.70. The Morgan fingerprint density at radius 1 is 0.971 bits per heavy atom. The van der Waals surface area contributed by atoms with Crippen molar-refractivity contribution >= 4 is 28.9 Å². The number of carbonyl (C=O) groups is 1. The van der Waals surface area contributed by atoms with Crippen molar-refractivity contribution in [1.29, 1.82) is 0 Å². The van der Waals surface area contributed by atoms with Crippen molar-refractivity contribution in [3.05, 3.63) is 78.0 Å². The molecule has 0 bridgehead atoms. The molecule has 2 aromatic carbocycles. The summed E-state index contributed by atoms with van der Waals surface area (Å²) in [6.07, 6.45) is 0. The number of aryl methyl sites for hydroxylation is 2. The lowest BCUT2D eigenvalue weighted by molar-refractivity contribution is 0.101. The SMILES string of the molecule is CCN(CC)c1cc(Nc2ccc(NC(=O)c3cc(-c4ccc(F)cc4)nn3C)cc2)nc(C)n1. The molecule has 1 amide bonds. The number of nitrogens with one attached hydrogen (secondary N) is 2. The molecule has 0 aliphatic heterocycles. The molecule has 0 spiro atoms. The van der Waals surface area contributed by atoms with Crippen molar-refractivity contribution in [3.8, 4) is 11.3 Å². The average Bonchev–Trinajstić information content (AvgIpc) is 3.23. The maximum absolute atomic E-state index is 13.2. The first-order valence-corrected chi connectivity index (χ1v) is 11.4. The first-order chi connectivity index (χ1) is 16.9. The molecular formula is C26H28FN7O. The van der Waals surface area contributed by atoms with Crippen molar-refractivity contribution in [2.75, 3.05) is 28.6 Å². The Hall–Kier alpha value is -4.27. The highest BCUT2D eigenvalue weighted by molar-refractivity contribution is 6.03. The van der Waals surface area contributed by atoms with Gasteiger partial charge in [0.05, 0.1) is 5.69 Å². The molecule has 0 aliphatic carbocycles. The van der Waals surface area contributed by atoms with E-state index >= 15 is 0 Å². The van der Waals surface area contributed by atoms with E-state index in [1.165, 1.54) is 16.8 Å². The third kappa shape index (κ3) is 5.63. The number of anilines is 4. The van der Waals surface area contributed by atoms with Crippen LogP contribution in [0.15, 0.2) is 60.7 Å². The number of nitrogens with zero attached hydrogens (tertiary/aromatic N) is 5. The van der Waals surface area contributed by atoms with Crippen molar-refractivity contribution < 1.29 is 9.18 Å². The van der Waals surface area contributed by atoms with Gasteiger partial charge in [0.2, 0.25) is 0 Å². The van der Waals surface area contributed by atoms with E-state index in [1.54, 1.807) is 25.2 Å². The maximum Gasteiger partial charge on any atom is 0.273 e. The minimum Gasteiger partial charge on any atom is -0.357 e. The topological polar surface area (TPSA) is 88.0 Å². The molecule has 2 aromatic heterocycles. The third-order valence-electron chi connectivity index (χ3n) is 5.58. The van der Waals surface area contributed by atoms with Crippen LogP contribution in [0.5, 0.6) is 0 Å². The molecule has 9 heteroatoms. The molecule has 8 nitrogen and oxygen atoms in total. The van der Waals surface area contributed by atoms with E-state index in [0.717, 1.165) is 30.2 Å². The van der Waals surface area contributed by atoms with Crippen molar-refractivity contribution in [1.82, 2.24) is 19.7 Å². The average molecular weight is 474 g/mol. The van der Waals surface area contributed by atoms with Gasteiger partial charge < -0.3 is 15.5 Å². The molecular weight excluding hydrogens is 445 g/mol. The fourth-order valence-corrected chi connectivity index (χ4v) is 3.75. The van der Waals surface area contributed by atoms with Gasteiger partial charge in [0, 0.05) is 43.1 Å². The van der Waals surface area contributed by atoms with Gasteiger partial charge in [0.1, 0.15) is 29.0 Å². The summed E-state index contributed by atoms with van der Waals surface area (Å²) in [5.41, 5.74) is 3.22. The minimum atomic E-state index is -0.320. The zero-order valence-corrected chi connectivity index (χ0v) is 20.2. The summed E-state index contributed by atoms with van der Waals surface area (Å²) in [5, 5.41) is 10.6. The Morgan fingerprint density at radius 2 is 1.63 bits per heavy atom. The summed E-state index contributed by atoms with van der Waals surface area (Å²) in [5.74, 6) is 1.67. The van der Waals surface area contributed by atoms with Gasteiger partial charge in [-0.2, -0.15) is 5.10 Å². The number of amides is 1. The molecule has 0 fully saturated rings. The highest BCUT2D eigenvalue weighted by Crippen LogP contribution is 2.23. The van der Waals surface area contributed by atoms with Crippen molar-refractivity contribution in [2.24, 2.45) is 7.05 Å². The van der Waals surface area contributed by atoms with Crippen LogP contribution >= 0.6 is 0 Å². The molecule has 0 saturated carbocycles. The standard InChI is InChI=1S/C26H28FN7O/c1-5-34(6-2)25-16-24(28-17(3)29-25)30-20-11-13-21(14-12-20)31-26(35)23-15-22(32-33(23)4)18-7-9-19(27)10-8-18/h7-16H,5-6H2,1-4H3,(H,31,35)(H,28,29,30). The number of rotatable bonds is 8.